The van der Waals surface area contributed by atoms with Crippen LogP contribution in [0.25, 0.3) is 0 Å². The molecule has 0 heterocycles. The largest absolute Gasteiger partial charge is 0.460 e. The van der Waals surface area contributed by atoms with E-state index in [-0.39, 0.29) is 12.1 Å². The van der Waals surface area contributed by atoms with Gasteiger partial charge in [-0.25, -0.2) is 4.79 Å². The molecule has 19 heavy (non-hydrogen) atoms. The zero-order chi connectivity index (χ0) is 13.6. The average molecular weight is 262 g/mol. The molecule has 4 bridgehead atoms. The Morgan fingerprint density at radius 2 is 1.58 bits per heavy atom. The first kappa shape index (κ1) is 13.2. The zero-order valence-electron chi connectivity index (χ0n) is 12.4. The molecule has 4 rings (SSSR count). The highest BCUT2D eigenvalue weighted by atomic mass is 16.5. The van der Waals surface area contributed by atoms with Crippen LogP contribution < -0.4 is 0 Å². The number of hydrogen-bond acceptors (Lipinski definition) is 2. The Hall–Kier alpha value is -0.790. The maximum Gasteiger partial charge on any atom is 0.333 e. The molecule has 0 radical (unpaired) electrons. The smallest absolute Gasteiger partial charge is 0.333 e. The molecule has 4 saturated carbocycles. The third-order valence-electron chi connectivity index (χ3n) is 5.41. The number of carbonyl (C=O) groups is 1. The maximum absolute atomic E-state index is 11.9. The molecule has 0 N–H and O–H groups in total. The van der Waals surface area contributed by atoms with Gasteiger partial charge < -0.3 is 4.74 Å². The van der Waals surface area contributed by atoms with Gasteiger partial charge in [0.15, 0.2) is 0 Å². The fourth-order valence-corrected chi connectivity index (χ4v) is 4.90. The van der Waals surface area contributed by atoms with E-state index in [1.54, 1.807) is 0 Å². The first-order chi connectivity index (χ1) is 9.02. The van der Waals surface area contributed by atoms with E-state index in [1.165, 1.54) is 32.1 Å². The third kappa shape index (κ3) is 2.59. The molecule has 0 aromatic carbocycles. The quantitative estimate of drug-likeness (QED) is 0.568. The predicted molar refractivity (Wildman–Crippen MR) is 75.5 cm³/mol. The molecule has 0 atom stereocenters. The second kappa shape index (κ2) is 4.96. The van der Waals surface area contributed by atoms with Crippen molar-refractivity contribution < 1.29 is 9.53 Å². The summed E-state index contributed by atoms with van der Waals surface area (Å²) in [6, 6.07) is 0. The van der Waals surface area contributed by atoms with Gasteiger partial charge in [0, 0.05) is 5.57 Å². The van der Waals surface area contributed by atoms with Gasteiger partial charge in [-0.1, -0.05) is 6.08 Å². The van der Waals surface area contributed by atoms with Crippen molar-refractivity contribution in [3.63, 3.8) is 0 Å². The summed E-state index contributed by atoms with van der Waals surface area (Å²) in [4.78, 5) is 11.9. The lowest BCUT2D eigenvalue weighted by Crippen LogP contribution is -2.44. The van der Waals surface area contributed by atoms with Crippen molar-refractivity contribution >= 4 is 5.97 Å². The monoisotopic (exact) mass is 262 g/mol. The topological polar surface area (TPSA) is 26.3 Å². The summed E-state index contributed by atoms with van der Waals surface area (Å²) in [5.41, 5.74) is 0.825. The summed E-state index contributed by atoms with van der Waals surface area (Å²) in [6.07, 6.45) is 9.33. The first-order valence-electron chi connectivity index (χ1n) is 7.92. The van der Waals surface area contributed by atoms with Crippen LogP contribution >= 0.6 is 0 Å². The zero-order valence-corrected chi connectivity index (χ0v) is 12.4. The number of ether oxygens (including phenoxy) is 1. The van der Waals surface area contributed by atoms with Gasteiger partial charge in [-0.05, 0) is 82.5 Å². The lowest BCUT2D eigenvalue weighted by Gasteiger charge is -2.53. The molecule has 4 fully saturated rings. The Labute approximate surface area is 116 Å². The standard InChI is InChI=1S/C17H26O2/c1-10(2)19-17(18)11(3)4-16-14-6-12-5-13(8-14)9-15(16)7-12/h4,10,12-16H,5-9H2,1-3H3. The van der Waals surface area contributed by atoms with Crippen LogP contribution in [0.2, 0.25) is 0 Å². The van der Waals surface area contributed by atoms with Gasteiger partial charge in [0.1, 0.15) is 0 Å². The van der Waals surface area contributed by atoms with Crippen LogP contribution in [0.3, 0.4) is 0 Å². The summed E-state index contributed by atoms with van der Waals surface area (Å²) in [7, 11) is 0. The van der Waals surface area contributed by atoms with Gasteiger partial charge in [0.05, 0.1) is 6.10 Å². The van der Waals surface area contributed by atoms with Gasteiger partial charge >= 0.3 is 5.97 Å². The highest BCUT2D eigenvalue weighted by Gasteiger charge is 2.47. The molecule has 4 aliphatic carbocycles. The van der Waals surface area contributed by atoms with Crippen molar-refractivity contribution in [2.45, 2.75) is 59.0 Å². The molecule has 0 aromatic rings. The molecule has 0 saturated heterocycles. The Morgan fingerprint density at radius 1 is 1.05 bits per heavy atom. The SMILES string of the molecule is CC(=CC1C2CC3CC(C2)CC1C3)C(=O)OC(C)C. The second-order valence-electron chi connectivity index (χ2n) is 7.31. The van der Waals surface area contributed by atoms with Crippen LogP contribution in [0.1, 0.15) is 52.9 Å². The highest BCUT2D eigenvalue weighted by molar-refractivity contribution is 5.87. The van der Waals surface area contributed by atoms with E-state index in [1.807, 2.05) is 20.8 Å². The van der Waals surface area contributed by atoms with E-state index < -0.39 is 0 Å². The van der Waals surface area contributed by atoms with Crippen molar-refractivity contribution in [1.82, 2.24) is 0 Å². The van der Waals surface area contributed by atoms with E-state index >= 15 is 0 Å². The molecule has 0 aliphatic heterocycles. The van der Waals surface area contributed by atoms with Crippen molar-refractivity contribution in [2.24, 2.45) is 29.6 Å². The van der Waals surface area contributed by atoms with Crippen LogP contribution in [-0.2, 0) is 9.53 Å². The molecular formula is C17H26O2. The normalized spacial score (nSPS) is 40.8. The number of rotatable bonds is 3. The Morgan fingerprint density at radius 3 is 2.05 bits per heavy atom. The average Bonchev–Trinajstić information content (AvgIpc) is 2.31. The second-order valence-corrected chi connectivity index (χ2v) is 7.31. The van der Waals surface area contributed by atoms with Crippen molar-refractivity contribution in [3.8, 4) is 0 Å². The van der Waals surface area contributed by atoms with E-state index in [0.29, 0.717) is 5.92 Å². The first-order valence-corrected chi connectivity index (χ1v) is 7.92. The van der Waals surface area contributed by atoms with Crippen LogP contribution in [0.15, 0.2) is 11.6 Å². The number of carbonyl (C=O) groups excluding carboxylic acids is 1. The van der Waals surface area contributed by atoms with Gasteiger partial charge in [-0.3, -0.25) is 0 Å². The Balaban J connectivity index is 1.71. The molecule has 106 valence electrons. The molecule has 4 aliphatic rings. The summed E-state index contributed by atoms with van der Waals surface area (Å²) in [5, 5.41) is 0. The third-order valence-corrected chi connectivity index (χ3v) is 5.41. The van der Waals surface area contributed by atoms with Crippen molar-refractivity contribution in [3.05, 3.63) is 11.6 Å². The number of esters is 1. The van der Waals surface area contributed by atoms with E-state index in [9.17, 15) is 4.79 Å². The van der Waals surface area contributed by atoms with Crippen LogP contribution in [-0.4, -0.2) is 12.1 Å². The van der Waals surface area contributed by atoms with Crippen LogP contribution in [0.4, 0.5) is 0 Å². The minimum absolute atomic E-state index is 0.0191. The summed E-state index contributed by atoms with van der Waals surface area (Å²) < 4.78 is 5.30. The number of hydrogen-bond donors (Lipinski definition) is 0. The van der Waals surface area contributed by atoms with Crippen molar-refractivity contribution in [1.29, 1.82) is 0 Å². The van der Waals surface area contributed by atoms with Crippen LogP contribution in [0, 0.1) is 29.6 Å². The highest BCUT2D eigenvalue weighted by Crippen LogP contribution is 2.57. The van der Waals surface area contributed by atoms with Crippen LogP contribution in [0.5, 0.6) is 0 Å². The van der Waals surface area contributed by atoms with E-state index in [4.69, 9.17) is 4.74 Å². The van der Waals surface area contributed by atoms with Gasteiger partial charge in [-0.15, -0.1) is 0 Å². The molecule has 2 heteroatoms. The summed E-state index contributed by atoms with van der Waals surface area (Å²) >= 11 is 0. The van der Waals surface area contributed by atoms with E-state index in [2.05, 4.69) is 6.08 Å². The fraction of sp³-hybridized carbons (Fsp3) is 0.824. The van der Waals surface area contributed by atoms with Crippen molar-refractivity contribution in [2.75, 3.05) is 0 Å². The minimum atomic E-state index is -0.121. The molecule has 0 unspecified atom stereocenters. The summed E-state index contributed by atoms with van der Waals surface area (Å²) in [5.74, 6) is 4.21. The number of allylic oxidation sites excluding steroid dienone is 1. The fourth-order valence-electron chi connectivity index (χ4n) is 4.90. The lowest BCUT2D eigenvalue weighted by atomic mass is 9.52. The molecule has 0 aromatic heterocycles. The maximum atomic E-state index is 11.9. The molecular weight excluding hydrogens is 236 g/mol. The predicted octanol–water partition coefficient (Wildman–Crippen LogP) is 3.96. The minimum Gasteiger partial charge on any atom is -0.460 e. The summed E-state index contributed by atoms with van der Waals surface area (Å²) in [6.45, 7) is 5.75. The van der Waals surface area contributed by atoms with Gasteiger partial charge in [-0.2, -0.15) is 0 Å². The molecule has 0 spiro atoms. The molecule has 2 nitrogen and oxygen atoms in total. The Bertz CT molecular complexity index is 366. The van der Waals surface area contributed by atoms with E-state index in [0.717, 1.165) is 29.2 Å². The van der Waals surface area contributed by atoms with Gasteiger partial charge in [0.2, 0.25) is 0 Å². The lowest BCUT2D eigenvalue weighted by molar-refractivity contribution is -0.142. The van der Waals surface area contributed by atoms with Gasteiger partial charge in [0.25, 0.3) is 0 Å². The molecule has 0 amide bonds. The Kier molecular flexibility index (Phi) is 3.44.